The van der Waals surface area contributed by atoms with Gasteiger partial charge >= 0.3 is 0 Å². The minimum Gasteiger partial charge on any atom is -0.381 e. The monoisotopic (exact) mass is 466 g/mol. The molecule has 0 fully saturated rings. The van der Waals surface area contributed by atoms with Gasteiger partial charge in [-0.05, 0) is 75.2 Å². The lowest BCUT2D eigenvalue weighted by Crippen LogP contribution is -2.35. The fourth-order valence-electron chi connectivity index (χ4n) is 4.18. The van der Waals surface area contributed by atoms with Crippen molar-refractivity contribution in [3.63, 3.8) is 0 Å². The van der Waals surface area contributed by atoms with Gasteiger partial charge in [0, 0.05) is 23.7 Å². The Hall–Kier alpha value is -3.23. The van der Waals surface area contributed by atoms with Crippen LogP contribution in [-0.2, 0) is 10.0 Å². The summed E-state index contributed by atoms with van der Waals surface area (Å²) in [6, 6.07) is 15.5. The summed E-state index contributed by atoms with van der Waals surface area (Å²) in [7, 11) is -3.64. The zero-order chi connectivity index (χ0) is 23.8. The first-order valence-electron chi connectivity index (χ1n) is 10.7. The molecule has 4 aromatic rings. The second-order valence-corrected chi connectivity index (χ2v) is 10.1. The average molecular weight is 467 g/mol. The largest absolute Gasteiger partial charge is 0.381 e. The van der Waals surface area contributed by atoms with Gasteiger partial charge in [-0.15, -0.1) is 0 Å². The third kappa shape index (κ3) is 4.77. The molecule has 1 heterocycles. The fourth-order valence-corrected chi connectivity index (χ4v) is 5.76. The quantitative estimate of drug-likeness (QED) is 0.408. The summed E-state index contributed by atoms with van der Waals surface area (Å²) < 4.78 is 43.7. The number of rotatable bonds is 7. The molecule has 0 amide bonds. The van der Waals surface area contributed by atoms with Gasteiger partial charge in [-0.1, -0.05) is 23.8 Å². The van der Waals surface area contributed by atoms with Crippen LogP contribution in [0.3, 0.4) is 0 Å². The number of hydrogen-bond donors (Lipinski definition) is 2. The van der Waals surface area contributed by atoms with E-state index in [9.17, 15) is 12.8 Å². The molecule has 0 aliphatic carbocycles. The number of aromatic nitrogens is 2. The molecule has 2 N–H and O–H groups in total. The molecule has 0 saturated heterocycles. The highest BCUT2D eigenvalue weighted by molar-refractivity contribution is 7.89. The van der Waals surface area contributed by atoms with E-state index in [-0.39, 0.29) is 18.4 Å². The van der Waals surface area contributed by atoms with Crippen molar-refractivity contribution in [3.8, 4) is 5.69 Å². The number of nitrogens with one attached hydrogen (secondary N) is 2. The molecule has 8 heteroatoms. The highest BCUT2D eigenvalue weighted by Crippen LogP contribution is 2.26. The van der Waals surface area contributed by atoms with Crippen LogP contribution in [0, 0.1) is 26.6 Å². The molecule has 1 atom stereocenters. The maximum atomic E-state index is 13.3. The van der Waals surface area contributed by atoms with Crippen molar-refractivity contribution in [3.05, 3.63) is 83.3 Å². The van der Waals surface area contributed by atoms with Gasteiger partial charge in [0.25, 0.3) is 0 Å². The third-order valence-electron chi connectivity index (χ3n) is 5.54. The molecule has 1 aromatic heterocycles. The smallest absolute Gasteiger partial charge is 0.241 e. The van der Waals surface area contributed by atoms with E-state index in [1.807, 2.05) is 58.0 Å². The summed E-state index contributed by atoms with van der Waals surface area (Å²) >= 11 is 0. The summed E-state index contributed by atoms with van der Waals surface area (Å²) in [5.74, 6) is -0.301. The van der Waals surface area contributed by atoms with Crippen LogP contribution in [0.2, 0.25) is 0 Å². The number of anilines is 1. The molecule has 0 unspecified atom stereocenters. The van der Waals surface area contributed by atoms with Gasteiger partial charge in [0.05, 0.1) is 22.3 Å². The zero-order valence-corrected chi connectivity index (χ0v) is 19.9. The molecule has 0 radical (unpaired) electrons. The highest BCUT2D eigenvalue weighted by Gasteiger charge is 2.20. The third-order valence-corrected chi connectivity index (χ3v) is 7.27. The molecule has 4 rings (SSSR count). The van der Waals surface area contributed by atoms with Crippen LogP contribution < -0.4 is 10.0 Å². The zero-order valence-electron chi connectivity index (χ0n) is 19.1. The van der Waals surface area contributed by atoms with Crippen molar-refractivity contribution >= 4 is 26.6 Å². The molecular formula is C25H27FN4O2S. The molecule has 172 valence electrons. The summed E-state index contributed by atoms with van der Waals surface area (Å²) in [5.41, 5.74) is 4.97. The van der Waals surface area contributed by atoms with E-state index in [1.54, 1.807) is 23.0 Å². The van der Waals surface area contributed by atoms with Crippen molar-refractivity contribution in [2.75, 3.05) is 11.9 Å². The van der Waals surface area contributed by atoms with Crippen LogP contribution in [0.1, 0.15) is 23.6 Å². The Morgan fingerprint density at radius 1 is 1.03 bits per heavy atom. The van der Waals surface area contributed by atoms with Crippen molar-refractivity contribution in [1.82, 2.24) is 14.5 Å². The minimum atomic E-state index is -3.64. The van der Waals surface area contributed by atoms with Gasteiger partial charge in [-0.3, -0.25) is 0 Å². The van der Waals surface area contributed by atoms with Gasteiger partial charge in [0.2, 0.25) is 10.0 Å². The van der Waals surface area contributed by atoms with Crippen LogP contribution in [0.15, 0.2) is 65.7 Å². The molecule has 6 nitrogen and oxygen atoms in total. The Labute approximate surface area is 193 Å². The Morgan fingerprint density at radius 2 is 1.70 bits per heavy atom. The SMILES string of the molecule is Cc1cc(C)c(S(=O)(=O)NC[C@@H](C)Nc2cccc3c2cnn3-c2ccc(F)cc2)c(C)c1. The Balaban J connectivity index is 1.52. The van der Waals surface area contributed by atoms with Crippen molar-refractivity contribution in [1.29, 1.82) is 0 Å². The lowest BCUT2D eigenvalue weighted by Gasteiger charge is -2.18. The van der Waals surface area contributed by atoms with E-state index in [1.165, 1.54) is 12.1 Å². The molecule has 33 heavy (non-hydrogen) atoms. The summed E-state index contributed by atoms with van der Waals surface area (Å²) in [6.07, 6.45) is 1.75. The van der Waals surface area contributed by atoms with E-state index in [4.69, 9.17) is 0 Å². The summed E-state index contributed by atoms with van der Waals surface area (Å²) in [4.78, 5) is 0.336. The maximum Gasteiger partial charge on any atom is 0.241 e. The van der Waals surface area contributed by atoms with E-state index in [0.29, 0.717) is 4.90 Å². The first-order valence-corrected chi connectivity index (χ1v) is 12.2. The normalized spacial score (nSPS) is 12.8. The predicted molar refractivity (Wildman–Crippen MR) is 130 cm³/mol. The van der Waals surface area contributed by atoms with Gasteiger partial charge in [-0.2, -0.15) is 5.10 Å². The first kappa shape index (κ1) is 22.9. The second kappa shape index (κ2) is 8.96. The number of halogens is 1. The molecule has 3 aromatic carbocycles. The number of fused-ring (bicyclic) bond motifs is 1. The first-order chi connectivity index (χ1) is 15.7. The van der Waals surface area contributed by atoms with Crippen molar-refractivity contribution in [2.24, 2.45) is 0 Å². The average Bonchev–Trinajstić information content (AvgIpc) is 3.17. The van der Waals surface area contributed by atoms with Crippen LogP contribution in [0.5, 0.6) is 0 Å². The van der Waals surface area contributed by atoms with Crippen LogP contribution >= 0.6 is 0 Å². The van der Waals surface area contributed by atoms with Gasteiger partial charge < -0.3 is 5.32 Å². The topological polar surface area (TPSA) is 76.0 Å². The van der Waals surface area contributed by atoms with Crippen LogP contribution in [0.4, 0.5) is 10.1 Å². The van der Waals surface area contributed by atoms with Gasteiger partial charge in [-0.25, -0.2) is 22.2 Å². The number of benzene rings is 3. The molecule has 0 spiro atoms. The van der Waals surface area contributed by atoms with E-state index >= 15 is 0 Å². The van der Waals surface area contributed by atoms with Crippen LogP contribution in [-0.4, -0.2) is 30.8 Å². The van der Waals surface area contributed by atoms with Crippen molar-refractivity contribution < 1.29 is 12.8 Å². The van der Waals surface area contributed by atoms with Crippen LogP contribution in [0.25, 0.3) is 16.6 Å². The number of aryl methyl sites for hydroxylation is 3. The Bertz CT molecular complexity index is 1390. The van der Waals surface area contributed by atoms with Gasteiger partial charge in [0.15, 0.2) is 0 Å². The summed E-state index contributed by atoms with van der Waals surface area (Å²) in [5, 5.41) is 8.73. The molecular weight excluding hydrogens is 439 g/mol. The van der Waals surface area contributed by atoms with Crippen molar-refractivity contribution in [2.45, 2.75) is 38.6 Å². The molecule has 0 aliphatic heterocycles. The second-order valence-electron chi connectivity index (χ2n) is 8.40. The molecule has 0 aliphatic rings. The van der Waals surface area contributed by atoms with E-state index in [2.05, 4.69) is 15.1 Å². The number of nitrogens with zero attached hydrogens (tertiary/aromatic N) is 2. The Morgan fingerprint density at radius 3 is 2.36 bits per heavy atom. The highest BCUT2D eigenvalue weighted by atomic mass is 32.2. The van der Waals surface area contributed by atoms with Gasteiger partial charge in [0.1, 0.15) is 5.82 Å². The van der Waals surface area contributed by atoms with E-state index < -0.39 is 10.0 Å². The molecule has 0 saturated carbocycles. The maximum absolute atomic E-state index is 13.3. The van der Waals surface area contributed by atoms with E-state index in [0.717, 1.165) is 39.0 Å². The molecule has 0 bridgehead atoms. The number of hydrogen-bond acceptors (Lipinski definition) is 4. The number of sulfonamides is 1. The fraction of sp³-hybridized carbons (Fsp3) is 0.240. The summed E-state index contributed by atoms with van der Waals surface area (Å²) in [6.45, 7) is 7.72. The minimum absolute atomic E-state index is 0.175. The predicted octanol–water partition coefficient (Wildman–Crippen LogP) is 4.87. The lowest BCUT2D eigenvalue weighted by molar-refractivity contribution is 0.576. The Kier molecular flexibility index (Phi) is 6.23. The lowest BCUT2D eigenvalue weighted by atomic mass is 10.1. The standard InChI is InChI=1S/C25H27FN4O2S/c1-16-12-17(2)25(18(3)13-16)33(31,32)28-14-19(4)29-23-6-5-7-24-22(23)15-27-30(24)21-10-8-20(26)9-11-21/h5-13,15,19,28-29H,14H2,1-4H3/t19-/m1/s1.